The zero-order chi connectivity index (χ0) is 19.4. The molecule has 0 saturated carbocycles. The molecule has 0 aliphatic carbocycles. The lowest BCUT2D eigenvalue weighted by Gasteiger charge is -2.29. The molecular weight excluding hydrogens is 344 g/mol. The zero-order valence-corrected chi connectivity index (χ0v) is 15.9. The third kappa shape index (κ3) is 3.89. The first-order chi connectivity index (χ1) is 13.1. The predicted molar refractivity (Wildman–Crippen MR) is 103 cm³/mol. The van der Waals surface area contributed by atoms with Gasteiger partial charge in [-0.1, -0.05) is 19.1 Å². The number of nitrogens with zero attached hydrogens (tertiary/aromatic N) is 1. The molecule has 142 valence electrons. The molecule has 2 aromatic rings. The molecule has 0 aromatic heterocycles. The summed E-state index contributed by atoms with van der Waals surface area (Å²) in [6, 6.07) is 11.0. The molecule has 27 heavy (non-hydrogen) atoms. The van der Waals surface area contributed by atoms with Crippen molar-refractivity contribution in [3.63, 3.8) is 0 Å². The van der Waals surface area contributed by atoms with Gasteiger partial charge in [0.05, 0.1) is 19.8 Å². The maximum Gasteiger partial charge on any atom is 0.259 e. The highest BCUT2D eigenvalue weighted by molar-refractivity contribution is 6.06. The number of nitrogens with one attached hydrogen (secondary N) is 1. The number of hydrogen-bond donors (Lipinski definition) is 1. The summed E-state index contributed by atoms with van der Waals surface area (Å²) in [5, 5.41) is 2.91. The Labute approximate surface area is 159 Å². The summed E-state index contributed by atoms with van der Waals surface area (Å²) in [7, 11) is 3.04. The molecule has 6 nitrogen and oxygen atoms in total. The van der Waals surface area contributed by atoms with E-state index in [1.165, 1.54) is 19.8 Å². The summed E-state index contributed by atoms with van der Waals surface area (Å²) in [5.74, 6) is 0.777. The van der Waals surface area contributed by atoms with Gasteiger partial charge < -0.3 is 19.7 Å². The largest absolute Gasteiger partial charge is 0.493 e. The van der Waals surface area contributed by atoms with Crippen molar-refractivity contribution in [3.05, 3.63) is 53.1 Å². The van der Waals surface area contributed by atoms with Gasteiger partial charge in [0.25, 0.3) is 5.91 Å². The van der Waals surface area contributed by atoms with E-state index in [4.69, 9.17) is 9.47 Å². The topological polar surface area (TPSA) is 67.9 Å². The van der Waals surface area contributed by atoms with Crippen LogP contribution in [-0.4, -0.2) is 37.5 Å². The predicted octanol–water partition coefficient (Wildman–Crippen LogP) is 3.25. The molecule has 0 radical (unpaired) electrons. The van der Waals surface area contributed by atoms with Crippen LogP contribution in [0.5, 0.6) is 11.5 Å². The van der Waals surface area contributed by atoms with E-state index in [2.05, 4.69) is 5.32 Å². The van der Waals surface area contributed by atoms with Crippen LogP contribution in [0.3, 0.4) is 0 Å². The Bertz CT molecular complexity index is 863. The Hall–Kier alpha value is -3.02. The smallest absolute Gasteiger partial charge is 0.259 e. The Morgan fingerprint density at radius 3 is 2.63 bits per heavy atom. The van der Waals surface area contributed by atoms with Crippen molar-refractivity contribution >= 4 is 17.5 Å². The van der Waals surface area contributed by atoms with E-state index < -0.39 is 0 Å². The normalized spacial score (nSPS) is 12.9. The maximum absolute atomic E-state index is 12.7. The van der Waals surface area contributed by atoms with Crippen molar-refractivity contribution in [3.8, 4) is 11.5 Å². The fourth-order valence-electron chi connectivity index (χ4n) is 3.34. The average molecular weight is 368 g/mol. The van der Waals surface area contributed by atoms with Crippen molar-refractivity contribution in [2.75, 3.05) is 26.1 Å². The number of methoxy groups -OCH3 is 2. The first kappa shape index (κ1) is 18.8. The van der Waals surface area contributed by atoms with Crippen LogP contribution in [0, 0.1) is 0 Å². The maximum atomic E-state index is 12.7. The second-order valence-electron chi connectivity index (χ2n) is 6.40. The van der Waals surface area contributed by atoms with Gasteiger partial charge in [-0.2, -0.15) is 0 Å². The molecule has 0 saturated heterocycles. The van der Waals surface area contributed by atoms with Crippen LogP contribution < -0.4 is 14.8 Å². The van der Waals surface area contributed by atoms with Gasteiger partial charge in [0.15, 0.2) is 11.5 Å². The minimum Gasteiger partial charge on any atom is -0.493 e. The summed E-state index contributed by atoms with van der Waals surface area (Å²) in [4.78, 5) is 26.6. The van der Waals surface area contributed by atoms with Crippen molar-refractivity contribution in [1.82, 2.24) is 4.90 Å². The molecule has 0 fully saturated rings. The van der Waals surface area contributed by atoms with E-state index >= 15 is 0 Å². The highest BCUT2D eigenvalue weighted by Gasteiger charge is 2.21. The van der Waals surface area contributed by atoms with E-state index in [1.54, 1.807) is 18.2 Å². The Balaban J connectivity index is 1.81. The zero-order valence-electron chi connectivity index (χ0n) is 15.9. The summed E-state index contributed by atoms with van der Waals surface area (Å²) >= 11 is 0. The van der Waals surface area contributed by atoms with Crippen LogP contribution in [-0.2, 0) is 17.8 Å². The second-order valence-corrected chi connectivity index (χ2v) is 6.40. The van der Waals surface area contributed by atoms with E-state index in [9.17, 15) is 9.59 Å². The summed E-state index contributed by atoms with van der Waals surface area (Å²) < 4.78 is 10.6. The molecule has 6 heteroatoms. The molecule has 2 amide bonds. The molecule has 0 atom stereocenters. The Morgan fingerprint density at radius 2 is 1.93 bits per heavy atom. The minimum atomic E-state index is -0.275. The van der Waals surface area contributed by atoms with Gasteiger partial charge in [0.2, 0.25) is 5.91 Å². The Morgan fingerprint density at radius 1 is 1.11 bits per heavy atom. The quantitative estimate of drug-likeness (QED) is 0.880. The van der Waals surface area contributed by atoms with Crippen molar-refractivity contribution in [1.29, 1.82) is 0 Å². The molecular formula is C21H24N2O4. The van der Waals surface area contributed by atoms with Gasteiger partial charge >= 0.3 is 0 Å². The van der Waals surface area contributed by atoms with Crippen LogP contribution in [0.15, 0.2) is 36.4 Å². The van der Waals surface area contributed by atoms with Gasteiger partial charge in [0, 0.05) is 25.2 Å². The number of fused-ring (bicyclic) bond motifs is 1. The van der Waals surface area contributed by atoms with Gasteiger partial charge in [-0.05, 0) is 41.8 Å². The third-order valence-electron chi connectivity index (χ3n) is 4.78. The first-order valence-corrected chi connectivity index (χ1v) is 8.99. The van der Waals surface area contributed by atoms with Gasteiger partial charge in [-0.3, -0.25) is 9.59 Å². The van der Waals surface area contributed by atoms with E-state index in [-0.39, 0.29) is 11.8 Å². The van der Waals surface area contributed by atoms with Crippen molar-refractivity contribution in [2.24, 2.45) is 0 Å². The van der Waals surface area contributed by atoms with E-state index in [0.29, 0.717) is 35.7 Å². The number of ether oxygens (including phenoxy) is 2. The molecule has 0 spiro atoms. The van der Waals surface area contributed by atoms with Gasteiger partial charge in [-0.25, -0.2) is 0 Å². The summed E-state index contributed by atoms with van der Waals surface area (Å²) in [6.45, 7) is 3.19. The van der Waals surface area contributed by atoms with E-state index in [1.807, 2.05) is 30.0 Å². The number of para-hydroxylation sites is 1. The van der Waals surface area contributed by atoms with Gasteiger partial charge in [0.1, 0.15) is 0 Å². The molecule has 2 aromatic carbocycles. The standard InChI is InChI=1S/C21H24N2O4/c1-4-19(24)23-11-10-14-8-9-16(12-15(14)13-23)22-21(25)17-6-5-7-18(26-2)20(17)27-3/h5-9,12H,4,10-11,13H2,1-3H3,(H,22,25). The third-order valence-corrected chi connectivity index (χ3v) is 4.78. The molecule has 1 heterocycles. The second kappa shape index (κ2) is 8.12. The van der Waals surface area contributed by atoms with E-state index in [0.717, 1.165) is 18.5 Å². The number of carbonyl (C=O) groups is 2. The number of benzene rings is 2. The fourth-order valence-corrected chi connectivity index (χ4v) is 3.34. The van der Waals surface area contributed by atoms with Crippen LogP contribution in [0.4, 0.5) is 5.69 Å². The summed E-state index contributed by atoms with van der Waals surface area (Å²) in [5.41, 5.74) is 3.37. The van der Waals surface area contributed by atoms with Gasteiger partial charge in [-0.15, -0.1) is 0 Å². The number of amides is 2. The number of anilines is 1. The Kier molecular flexibility index (Phi) is 5.64. The van der Waals surface area contributed by atoms with Crippen LogP contribution in [0.1, 0.15) is 34.8 Å². The molecule has 1 N–H and O–H groups in total. The number of hydrogen-bond acceptors (Lipinski definition) is 4. The highest BCUT2D eigenvalue weighted by atomic mass is 16.5. The lowest BCUT2D eigenvalue weighted by atomic mass is 9.98. The number of carbonyl (C=O) groups excluding carboxylic acids is 2. The van der Waals surface area contributed by atoms with Crippen LogP contribution in [0.25, 0.3) is 0 Å². The number of rotatable bonds is 5. The molecule has 1 aliphatic rings. The molecule has 1 aliphatic heterocycles. The monoisotopic (exact) mass is 368 g/mol. The van der Waals surface area contributed by atoms with Crippen LogP contribution in [0.2, 0.25) is 0 Å². The highest BCUT2D eigenvalue weighted by Crippen LogP contribution is 2.31. The van der Waals surface area contributed by atoms with Crippen LogP contribution >= 0.6 is 0 Å². The first-order valence-electron chi connectivity index (χ1n) is 8.99. The fraction of sp³-hybridized carbons (Fsp3) is 0.333. The van der Waals surface area contributed by atoms with Crippen molar-refractivity contribution < 1.29 is 19.1 Å². The van der Waals surface area contributed by atoms with Crippen molar-refractivity contribution in [2.45, 2.75) is 26.3 Å². The minimum absolute atomic E-state index is 0.149. The average Bonchev–Trinajstić information content (AvgIpc) is 2.71. The SMILES string of the molecule is CCC(=O)N1CCc2ccc(NC(=O)c3cccc(OC)c3OC)cc2C1. The summed E-state index contributed by atoms with van der Waals surface area (Å²) in [6.07, 6.45) is 1.33. The molecule has 0 unspecified atom stereocenters. The molecule has 3 rings (SSSR count). The lowest BCUT2D eigenvalue weighted by molar-refractivity contribution is -0.131. The lowest BCUT2D eigenvalue weighted by Crippen LogP contribution is -2.35. The molecule has 0 bridgehead atoms.